The molecule has 0 aliphatic heterocycles. The van der Waals surface area contributed by atoms with Crippen LogP contribution in [0.5, 0.6) is 0 Å². The maximum absolute atomic E-state index is 12.8. The standard InChI is InChI=1S/C20H25N9O4/c1-27-8-11(6-13(27)18(31)23-5-4-16(22)30)24-19(32)14-7-12(9-28(14)2)25-20(33)17-26-15(21)10-29(17)3/h6-10H,4-5,21H2,1-3H3,(H2,22,30)(H,23,31)(H,24,32)(H,25,33). The topological polar surface area (TPSA) is 184 Å². The SMILES string of the molecule is Cn1cc(NC(=O)c2cc(NC(=O)c3nc(N)cn3C)cn2C)cc1C(=O)NCCC(N)=O. The van der Waals surface area contributed by atoms with Crippen molar-refractivity contribution in [2.75, 3.05) is 22.9 Å². The first kappa shape index (κ1) is 23.1. The van der Waals surface area contributed by atoms with Crippen molar-refractivity contribution in [1.29, 1.82) is 0 Å². The van der Waals surface area contributed by atoms with Crippen molar-refractivity contribution in [2.45, 2.75) is 6.42 Å². The van der Waals surface area contributed by atoms with E-state index >= 15 is 0 Å². The van der Waals surface area contributed by atoms with Gasteiger partial charge in [0.2, 0.25) is 11.7 Å². The smallest absolute Gasteiger partial charge is 0.291 e. The average Bonchev–Trinajstić information content (AvgIpc) is 3.37. The van der Waals surface area contributed by atoms with Crippen LogP contribution in [0.25, 0.3) is 0 Å². The van der Waals surface area contributed by atoms with E-state index < -0.39 is 23.6 Å². The van der Waals surface area contributed by atoms with Gasteiger partial charge in [-0.25, -0.2) is 4.98 Å². The molecule has 0 aromatic carbocycles. The number of hydrogen-bond donors (Lipinski definition) is 5. The Morgan fingerprint density at radius 3 is 1.91 bits per heavy atom. The number of aryl methyl sites for hydroxylation is 3. The van der Waals surface area contributed by atoms with Crippen molar-refractivity contribution in [3.8, 4) is 0 Å². The highest BCUT2D eigenvalue weighted by atomic mass is 16.2. The van der Waals surface area contributed by atoms with Crippen molar-refractivity contribution in [1.82, 2.24) is 24.0 Å². The van der Waals surface area contributed by atoms with Gasteiger partial charge in [0, 0.05) is 52.7 Å². The van der Waals surface area contributed by atoms with Gasteiger partial charge in [-0.1, -0.05) is 0 Å². The molecule has 0 unspecified atom stereocenters. The normalized spacial score (nSPS) is 10.6. The molecule has 7 N–H and O–H groups in total. The Labute approximate surface area is 188 Å². The summed E-state index contributed by atoms with van der Waals surface area (Å²) < 4.78 is 4.60. The van der Waals surface area contributed by atoms with E-state index in [1.54, 1.807) is 42.7 Å². The zero-order valence-electron chi connectivity index (χ0n) is 18.4. The Morgan fingerprint density at radius 2 is 1.39 bits per heavy atom. The van der Waals surface area contributed by atoms with Gasteiger partial charge in [-0.15, -0.1) is 0 Å². The van der Waals surface area contributed by atoms with E-state index in [1.807, 2.05) is 0 Å². The molecule has 0 fully saturated rings. The second-order valence-electron chi connectivity index (χ2n) is 7.43. The number of carbonyl (C=O) groups excluding carboxylic acids is 4. The van der Waals surface area contributed by atoms with E-state index in [0.717, 1.165) is 0 Å². The molecule has 3 rings (SSSR count). The summed E-state index contributed by atoms with van der Waals surface area (Å²) in [6, 6.07) is 3.02. The van der Waals surface area contributed by atoms with Gasteiger partial charge in [-0.05, 0) is 12.1 Å². The van der Waals surface area contributed by atoms with Crippen molar-refractivity contribution in [3.05, 3.63) is 47.9 Å². The van der Waals surface area contributed by atoms with Crippen LogP contribution in [0, 0.1) is 0 Å². The van der Waals surface area contributed by atoms with E-state index in [2.05, 4.69) is 20.9 Å². The van der Waals surface area contributed by atoms with Crippen LogP contribution in [0.2, 0.25) is 0 Å². The van der Waals surface area contributed by atoms with Crippen LogP contribution in [0.15, 0.2) is 30.7 Å². The van der Waals surface area contributed by atoms with Crippen LogP contribution in [-0.4, -0.2) is 48.9 Å². The molecule has 3 heterocycles. The second-order valence-corrected chi connectivity index (χ2v) is 7.43. The van der Waals surface area contributed by atoms with Gasteiger partial charge in [-0.3, -0.25) is 19.2 Å². The lowest BCUT2D eigenvalue weighted by atomic mass is 10.3. The third-order valence-electron chi connectivity index (χ3n) is 4.75. The van der Waals surface area contributed by atoms with Crippen molar-refractivity contribution < 1.29 is 19.2 Å². The Morgan fingerprint density at radius 1 is 0.848 bits per heavy atom. The predicted octanol–water partition coefficient (Wildman–Crippen LogP) is -0.211. The van der Waals surface area contributed by atoms with Crippen molar-refractivity contribution >= 4 is 40.8 Å². The van der Waals surface area contributed by atoms with Gasteiger partial charge in [0.1, 0.15) is 17.2 Å². The number of hydrogen-bond acceptors (Lipinski definition) is 6. The molecule has 0 atom stereocenters. The highest BCUT2D eigenvalue weighted by Crippen LogP contribution is 2.18. The van der Waals surface area contributed by atoms with Gasteiger partial charge in [-0.2, -0.15) is 0 Å². The first-order chi connectivity index (χ1) is 15.5. The number of anilines is 3. The molecule has 0 saturated heterocycles. The third-order valence-corrected chi connectivity index (χ3v) is 4.75. The first-order valence-corrected chi connectivity index (χ1v) is 9.86. The number of nitrogens with one attached hydrogen (secondary N) is 3. The summed E-state index contributed by atoms with van der Waals surface area (Å²) in [4.78, 5) is 52.2. The molecule has 0 bridgehead atoms. The molecule has 3 aromatic rings. The predicted molar refractivity (Wildman–Crippen MR) is 120 cm³/mol. The second kappa shape index (κ2) is 9.30. The van der Waals surface area contributed by atoms with Gasteiger partial charge in [0.05, 0.1) is 11.4 Å². The lowest BCUT2D eigenvalue weighted by Crippen LogP contribution is -2.29. The maximum Gasteiger partial charge on any atom is 0.291 e. The van der Waals surface area contributed by atoms with Crippen LogP contribution in [-0.2, 0) is 25.9 Å². The molecule has 13 nitrogen and oxygen atoms in total. The summed E-state index contributed by atoms with van der Waals surface area (Å²) in [5.41, 5.74) is 12.0. The van der Waals surface area contributed by atoms with Gasteiger partial charge >= 0.3 is 0 Å². The molecule has 33 heavy (non-hydrogen) atoms. The number of imidazole rings is 1. The number of primary amides is 1. The van der Waals surface area contributed by atoms with Crippen LogP contribution >= 0.6 is 0 Å². The summed E-state index contributed by atoms with van der Waals surface area (Å²) in [5.74, 6) is -1.48. The lowest BCUT2D eigenvalue weighted by molar-refractivity contribution is -0.117. The van der Waals surface area contributed by atoms with Crippen LogP contribution in [0.3, 0.4) is 0 Å². The molecule has 0 radical (unpaired) electrons. The number of rotatable bonds is 8. The number of aromatic nitrogens is 4. The summed E-state index contributed by atoms with van der Waals surface area (Å²) in [7, 11) is 4.96. The number of amides is 4. The molecule has 0 aliphatic carbocycles. The van der Waals surface area contributed by atoms with Crippen LogP contribution < -0.4 is 27.4 Å². The molecule has 0 aliphatic rings. The minimum absolute atomic E-state index is 0.0274. The highest BCUT2D eigenvalue weighted by molar-refractivity contribution is 6.06. The van der Waals surface area contributed by atoms with E-state index in [4.69, 9.17) is 11.5 Å². The van der Waals surface area contributed by atoms with E-state index in [1.165, 1.54) is 22.9 Å². The lowest BCUT2D eigenvalue weighted by Gasteiger charge is -2.04. The Kier molecular flexibility index (Phi) is 6.51. The molecular formula is C20H25N9O4. The summed E-state index contributed by atoms with van der Waals surface area (Å²) in [6.45, 7) is 0.115. The Balaban J connectivity index is 1.67. The fourth-order valence-electron chi connectivity index (χ4n) is 3.19. The molecule has 0 saturated carbocycles. The number of nitrogens with two attached hydrogens (primary N) is 2. The third kappa shape index (κ3) is 5.39. The molecule has 174 valence electrons. The van der Waals surface area contributed by atoms with Crippen molar-refractivity contribution in [2.24, 2.45) is 26.9 Å². The highest BCUT2D eigenvalue weighted by Gasteiger charge is 2.18. The first-order valence-electron chi connectivity index (χ1n) is 9.86. The van der Waals surface area contributed by atoms with E-state index in [-0.39, 0.29) is 30.3 Å². The zero-order chi connectivity index (χ0) is 24.3. The number of nitrogen functional groups attached to an aromatic ring is 1. The van der Waals surface area contributed by atoms with E-state index in [0.29, 0.717) is 17.1 Å². The van der Waals surface area contributed by atoms with Gasteiger partial charge < -0.3 is 41.1 Å². The molecule has 0 spiro atoms. The molecule has 13 heteroatoms. The summed E-state index contributed by atoms with van der Waals surface area (Å²) >= 11 is 0. The number of nitrogens with zero attached hydrogens (tertiary/aromatic N) is 4. The number of carbonyl (C=O) groups is 4. The largest absolute Gasteiger partial charge is 0.382 e. The minimum atomic E-state index is -0.516. The molecular weight excluding hydrogens is 430 g/mol. The van der Waals surface area contributed by atoms with Crippen molar-refractivity contribution in [3.63, 3.8) is 0 Å². The minimum Gasteiger partial charge on any atom is -0.382 e. The van der Waals surface area contributed by atoms with Crippen LogP contribution in [0.1, 0.15) is 38.0 Å². The van der Waals surface area contributed by atoms with Gasteiger partial charge in [0.15, 0.2) is 0 Å². The van der Waals surface area contributed by atoms with Crippen LogP contribution in [0.4, 0.5) is 17.2 Å². The fraction of sp³-hybridized carbons (Fsp3) is 0.250. The molecule has 4 amide bonds. The zero-order valence-corrected chi connectivity index (χ0v) is 18.4. The Bertz CT molecular complexity index is 1230. The average molecular weight is 455 g/mol. The molecule has 3 aromatic heterocycles. The quantitative estimate of drug-likeness (QED) is 0.313. The summed E-state index contributed by atoms with van der Waals surface area (Å²) in [5, 5.41) is 7.99. The van der Waals surface area contributed by atoms with Gasteiger partial charge in [0.25, 0.3) is 17.7 Å². The monoisotopic (exact) mass is 455 g/mol. The van der Waals surface area contributed by atoms with E-state index in [9.17, 15) is 19.2 Å². The maximum atomic E-state index is 12.8. The Hall–Kier alpha value is -4.55. The summed E-state index contributed by atoms with van der Waals surface area (Å²) in [6.07, 6.45) is 4.71. The fourth-order valence-corrected chi connectivity index (χ4v) is 3.19.